The van der Waals surface area contributed by atoms with Crippen molar-refractivity contribution in [2.75, 3.05) is 0 Å². The monoisotopic (exact) mass is 579 g/mol. The number of aryl methyl sites for hydroxylation is 1. The molecule has 0 fully saturated rings. The Labute approximate surface area is 260 Å². The van der Waals surface area contributed by atoms with Gasteiger partial charge in [0.05, 0.1) is 15.7 Å². The van der Waals surface area contributed by atoms with E-state index < -0.39 is 0 Å². The van der Waals surface area contributed by atoms with Crippen molar-refractivity contribution in [2.45, 2.75) is 13.8 Å². The molecule has 0 saturated carbocycles. The summed E-state index contributed by atoms with van der Waals surface area (Å²) in [4.78, 5) is 0. The molecule has 0 N–H and O–H groups in total. The molecule has 0 unspecified atom stereocenters. The molecular weight excluding hydrogens is 551 g/mol. The third-order valence-corrected chi connectivity index (χ3v) is 10.6. The topological polar surface area (TPSA) is 4.93 Å². The van der Waals surface area contributed by atoms with Crippen LogP contribution in [0.25, 0.3) is 80.7 Å². The first kappa shape index (κ1) is 25.3. The van der Waals surface area contributed by atoms with Crippen LogP contribution >= 0.6 is 11.3 Å². The molecule has 2 aromatic heterocycles. The summed E-state index contributed by atoms with van der Waals surface area (Å²) >= 11 is 1.93. The highest BCUT2D eigenvalue weighted by atomic mass is 32.1. The maximum absolute atomic E-state index is 2.49. The average Bonchev–Trinajstić information content (AvgIpc) is 3.61. The van der Waals surface area contributed by atoms with Gasteiger partial charge in [-0.3, -0.25) is 0 Å². The first-order valence-corrected chi connectivity index (χ1v) is 16.0. The average molecular weight is 580 g/mol. The number of rotatable bonds is 3. The summed E-state index contributed by atoms with van der Waals surface area (Å²) in [5, 5.41) is 7.94. The van der Waals surface area contributed by atoms with Crippen LogP contribution in [0.3, 0.4) is 0 Å². The number of para-hydroxylation sites is 1. The van der Waals surface area contributed by atoms with Crippen molar-refractivity contribution in [1.29, 1.82) is 0 Å². The van der Waals surface area contributed by atoms with Crippen LogP contribution in [0.4, 0.5) is 0 Å². The summed E-state index contributed by atoms with van der Waals surface area (Å²) in [6.07, 6.45) is 0. The van der Waals surface area contributed by atoms with Gasteiger partial charge in [0.1, 0.15) is 0 Å². The van der Waals surface area contributed by atoms with Gasteiger partial charge in [-0.25, -0.2) is 0 Å². The molecule has 0 spiro atoms. The summed E-state index contributed by atoms with van der Waals surface area (Å²) in [7, 11) is 0. The van der Waals surface area contributed by atoms with Crippen molar-refractivity contribution < 1.29 is 0 Å². The normalized spacial score (nSPS) is 11.9. The molecule has 0 radical (unpaired) electrons. The summed E-state index contributed by atoms with van der Waals surface area (Å²) < 4.78 is 5.21. The second-order valence-corrected chi connectivity index (χ2v) is 12.8. The third-order valence-electron chi connectivity index (χ3n) is 9.36. The van der Waals surface area contributed by atoms with Crippen LogP contribution in [0.15, 0.2) is 140 Å². The molecule has 7 aromatic carbocycles. The molecule has 2 heteroatoms. The van der Waals surface area contributed by atoms with Crippen LogP contribution in [0.2, 0.25) is 0 Å². The van der Waals surface area contributed by atoms with Gasteiger partial charge in [0.25, 0.3) is 0 Å². The first-order valence-electron chi connectivity index (χ1n) is 15.2. The lowest BCUT2D eigenvalue weighted by Crippen LogP contribution is -1.95. The highest BCUT2D eigenvalue weighted by molar-refractivity contribution is 7.27. The van der Waals surface area contributed by atoms with Gasteiger partial charge in [0.15, 0.2) is 0 Å². The van der Waals surface area contributed by atoms with Gasteiger partial charge < -0.3 is 4.57 Å². The van der Waals surface area contributed by atoms with E-state index in [9.17, 15) is 0 Å². The van der Waals surface area contributed by atoms with Crippen LogP contribution < -0.4 is 0 Å². The fourth-order valence-corrected chi connectivity index (χ4v) is 8.64. The zero-order chi connectivity index (χ0) is 29.4. The lowest BCUT2D eigenvalue weighted by molar-refractivity contribution is 1.19. The van der Waals surface area contributed by atoms with E-state index in [0.717, 1.165) is 0 Å². The SMILES string of the molecule is Cc1ccccc1-c1cccc(-c2ccc(-n3c4ccccc4c4sc5c6ccccc6c6ccccc6c5c43)cc2)c1C. The molecule has 0 saturated heterocycles. The summed E-state index contributed by atoms with van der Waals surface area (Å²) in [5.41, 5.74) is 11.5. The van der Waals surface area contributed by atoms with E-state index in [1.807, 2.05) is 11.3 Å². The van der Waals surface area contributed by atoms with Crippen molar-refractivity contribution in [2.24, 2.45) is 0 Å². The molecule has 0 aliphatic carbocycles. The molecule has 9 rings (SSSR count). The van der Waals surface area contributed by atoms with Gasteiger partial charge in [0, 0.05) is 26.5 Å². The Hall–Kier alpha value is -5.18. The fourth-order valence-electron chi connectivity index (χ4n) is 7.26. The molecule has 0 atom stereocenters. The second-order valence-electron chi connectivity index (χ2n) is 11.8. The Morgan fingerprint density at radius 3 is 1.82 bits per heavy atom. The quantitative estimate of drug-likeness (QED) is 0.184. The van der Waals surface area contributed by atoms with Crippen LogP contribution in [0.1, 0.15) is 11.1 Å². The van der Waals surface area contributed by atoms with Crippen molar-refractivity contribution in [1.82, 2.24) is 4.57 Å². The van der Waals surface area contributed by atoms with Crippen LogP contribution in [0.5, 0.6) is 0 Å². The predicted octanol–water partition coefficient (Wildman–Crippen LogP) is 12.3. The van der Waals surface area contributed by atoms with Gasteiger partial charge in [-0.15, -0.1) is 11.3 Å². The fraction of sp³-hybridized carbons (Fsp3) is 0.0476. The molecule has 0 bridgehead atoms. The number of benzene rings is 7. The Kier molecular flexibility index (Phi) is 5.57. The van der Waals surface area contributed by atoms with Crippen molar-refractivity contribution in [3.05, 3.63) is 151 Å². The van der Waals surface area contributed by atoms with Gasteiger partial charge in [0.2, 0.25) is 0 Å². The number of hydrogen-bond acceptors (Lipinski definition) is 1. The predicted molar refractivity (Wildman–Crippen MR) is 192 cm³/mol. The van der Waals surface area contributed by atoms with Gasteiger partial charge >= 0.3 is 0 Å². The molecule has 1 nitrogen and oxygen atoms in total. The standard InChI is InChI=1S/C42H29NS/c1-26-12-3-4-13-30(26)32-20-11-19-31(27(32)2)28-22-24-29(25-23-28)43-38-21-10-9-18-37(38)42-40(43)39-35-16-7-5-14-33(35)34-15-6-8-17-36(34)41(39)44-42/h3-25H,1-2H3. The van der Waals surface area contributed by atoms with E-state index in [4.69, 9.17) is 0 Å². The zero-order valence-corrected chi connectivity index (χ0v) is 25.5. The molecule has 208 valence electrons. The Morgan fingerprint density at radius 1 is 0.455 bits per heavy atom. The van der Waals surface area contributed by atoms with Crippen LogP contribution in [-0.2, 0) is 0 Å². The molecule has 2 heterocycles. The van der Waals surface area contributed by atoms with Gasteiger partial charge in [-0.05, 0) is 81.6 Å². The van der Waals surface area contributed by atoms with E-state index in [1.165, 1.54) is 91.8 Å². The molecule has 9 aromatic rings. The number of aromatic nitrogens is 1. The maximum atomic E-state index is 2.49. The van der Waals surface area contributed by atoms with Crippen LogP contribution in [0, 0.1) is 13.8 Å². The van der Waals surface area contributed by atoms with Gasteiger partial charge in [-0.1, -0.05) is 121 Å². The lowest BCUT2D eigenvalue weighted by Gasteiger charge is -2.15. The minimum absolute atomic E-state index is 1.18. The van der Waals surface area contributed by atoms with Gasteiger partial charge in [-0.2, -0.15) is 0 Å². The maximum Gasteiger partial charge on any atom is 0.0734 e. The zero-order valence-electron chi connectivity index (χ0n) is 24.6. The Bertz CT molecular complexity index is 2560. The van der Waals surface area contributed by atoms with E-state index in [-0.39, 0.29) is 0 Å². The summed E-state index contributed by atoms with van der Waals surface area (Å²) in [5.74, 6) is 0. The van der Waals surface area contributed by atoms with Crippen molar-refractivity contribution >= 4 is 64.1 Å². The number of nitrogens with zero attached hydrogens (tertiary/aromatic N) is 1. The Morgan fingerprint density at radius 2 is 1.05 bits per heavy atom. The third kappa shape index (κ3) is 3.58. The number of hydrogen-bond donors (Lipinski definition) is 0. The molecule has 0 aliphatic heterocycles. The minimum atomic E-state index is 1.18. The smallest absolute Gasteiger partial charge is 0.0734 e. The molecule has 44 heavy (non-hydrogen) atoms. The number of thiophene rings is 1. The number of fused-ring (bicyclic) bond motifs is 10. The van der Waals surface area contributed by atoms with E-state index >= 15 is 0 Å². The first-order chi connectivity index (χ1) is 21.7. The molecule has 0 aliphatic rings. The molecular formula is C42H29NS. The van der Waals surface area contributed by atoms with E-state index in [2.05, 4.69) is 158 Å². The minimum Gasteiger partial charge on any atom is -0.308 e. The molecule has 0 amide bonds. The highest BCUT2D eigenvalue weighted by Gasteiger charge is 2.21. The van der Waals surface area contributed by atoms with Crippen molar-refractivity contribution in [3.8, 4) is 27.9 Å². The summed E-state index contributed by atoms with van der Waals surface area (Å²) in [6, 6.07) is 51.2. The summed E-state index contributed by atoms with van der Waals surface area (Å²) in [6.45, 7) is 4.44. The second kappa shape index (κ2) is 9.67. The van der Waals surface area contributed by atoms with E-state index in [0.29, 0.717) is 0 Å². The van der Waals surface area contributed by atoms with Crippen LogP contribution in [-0.4, -0.2) is 4.57 Å². The largest absolute Gasteiger partial charge is 0.308 e. The van der Waals surface area contributed by atoms with E-state index in [1.54, 1.807) is 0 Å². The Balaban J connectivity index is 1.29. The lowest BCUT2D eigenvalue weighted by atomic mass is 9.91. The highest BCUT2D eigenvalue weighted by Crippen LogP contribution is 2.48. The van der Waals surface area contributed by atoms with Crippen molar-refractivity contribution in [3.63, 3.8) is 0 Å².